The van der Waals surface area contributed by atoms with Crippen LogP contribution in [0.1, 0.15) is 15.3 Å². The van der Waals surface area contributed by atoms with Crippen molar-refractivity contribution in [2.24, 2.45) is 5.92 Å². The normalized spacial score (nSPS) is 11.7. The fourth-order valence-electron chi connectivity index (χ4n) is 2.34. The van der Waals surface area contributed by atoms with Gasteiger partial charge in [-0.05, 0) is 12.0 Å². The summed E-state index contributed by atoms with van der Waals surface area (Å²) in [6, 6.07) is 8.05. The molecule has 2 N–H and O–H groups in total. The Morgan fingerprint density at radius 3 is 2.89 bits per heavy atom. The van der Waals surface area contributed by atoms with E-state index in [0.29, 0.717) is 11.7 Å². The van der Waals surface area contributed by atoms with Gasteiger partial charge < -0.3 is 10.3 Å². The number of anilines is 1. The van der Waals surface area contributed by atoms with Gasteiger partial charge in [0.05, 0.1) is 17.4 Å². The molecule has 0 atom stereocenters. The lowest BCUT2D eigenvalue weighted by Crippen LogP contribution is -2.03. The molecule has 0 radical (unpaired) electrons. The molecule has 0 bridgehead atoms. The first-order valence-corrected chi connectivity index (χ1v) is 6.16. The summed E-state index contributed by atoms with van der Waals surface area (Å²) in [4.78, 5) is 8.80. The molecule has 3 rings (SSSR count). The van der Waals surface area contributed by atoms with Crippen molar-refractivity contribution >= 4 is 27.8 Å². The molecule has 3 aromatic rings. The van der Waals surface area contributed by atoms with Gasteiger partial charge in [-0.3, -0.25) is 0 Å². The molecular weight excluding hydrogens is 224 g/mol. The smallest absolute Gasteiger partial charge is 0.382 e. The Labute approximate surface area is 107 Å². The molecule has 0 spiro atoms. The first kappa shape index (κ1) is 11.0. The van der Waals surface area contributed by atoms with Crippen LogP contribution in [0.25, 0.3) is 21.9 Å². The first-order valence-electron chi connectivity index (χ1n) is 6.16. The van der Waals surface area contributed by atoms with Crippen molar-refractivity contribution in [3.8, 4) is 0 Å². The van der Waals surface area contributed by atoms with E-state index in [1.165, 1.54) is 0 Å². The molecule has 0 unspecified atom stereocenters. The molecule has 0 aliphatic rings. The molecule has 4 nitrogen and oxygen atoms in total. The maximum absolute atomic E-state index is 5.98. The minimum atomic E-state index is 0. The summed E-state index contributed by atoms with van der Waals surface area (Å²) in [7, 11) is 0. The number of aromatic nitrogens is 3. The number of para-hydroxylation sites is 1. The third-order valence-electron chi connectivity index (χ3n) is 3.04. The summed E-state index contributed by atoms with van der Waals surface area (Å²) in [5, 5.41) is 1.11. The number of benzene rings is 1. The lowest BCUT2D eigenvalue weighted by atomic mass is 10.1. The van der Waals surface area contributed by atoms with Crippen LogP contribution in [0.15, 0.2) is 30.6 Å². The van der Waals surface area contributed by atoms with Crippen molar-refractivity contribution in [2.45, 2.75) is 20.4 Å². The summed E-state index contributed by atoms with van der Waals surface area (Å²) in [6.07, 6.45) is 1.86. The standard InChI is InChI=1S/C14H16N4/c1-9(2)7-18-8-16-12-13(18)10-5-3-4-6-11(10)17-14(12)15/h3-6,8-9H,7H2,1-2H3,(H2,15,17)/p+1. The van der Waals surface area contributed by atoms with E-state index in [1.807, 2.05) is 24.5 Å². The van der Waals surface area contributed by atoms with Crippen molar-refractivity contribution in [1.82, 2.24) is 14.5 Å². The number of nitrogens with zero attached hydrogens (tertiary/aromatic N) is 3. The Hall–Kier alpha value is -2.10. The number of rotatable bonds is 2. The van der Waals surface area contributed by atoms with E-state index in [4.69, 9.17) is 5.73 Å². The minimum absolute atomic E-state index is 0. The van der Waals surface area contributed by atoms with Gasteiger partial charge in [-0.2, -0.15) is 0 Å². The SMILES string of the molecule is CC(C)Cn1cnc2c(N)nc3ccccc3c21.[H+]. The molecule has 0 fully saturated rings. The zero-order valence-corrected chi connectivity index (χ0v) is 10.6. The Bertz CT molecular complexity index is 718. The van der Waals surface area contributed by atoms with Crippen LogP contribution in [-0.2, 0) is 6.54 Å². The molecule has 0 aliphatic carbocycles. The van der Waals surface area contributed by atoms with Crippen LogP contribution in [0.4, 0.5) is 5.82 Å². The Morgan fingerprint density at radius 1 is 1.33 bits per heavy atom. The highest BCUT2D eigenvalue weighted by Gasteiger charge is 2.12. The Kier molecular flexibility index (Phi) is 2.44. The van der Waals surface area contributed by atoms with E-state index in [2.05, 4.69) is 34.4 Å². The molecule has 2 heterocycles. The summed E-state index contributed by atoms with van der Waals surface area (Å²) in [5.74, 6) is 1.07. The van der Waals surface area contributed by atoms with Crippen molar-refractivity contribution < 1.29 is 1.43 Å². The molecule has 0 amide bonds. The zero-order valence-electron chi connectivity index (χ0n) is 11.6. The Morgan fingerprint density at radius 2 is 2.11 bits per heavy atom. The van der Waals surface area contributed by atoms with Crippen LogP contribution in [0.3, 0.4) is 0 Å². The van der Waals surface area contributed by atoms with Crippen molar-refractivity contribution in [2.75, 3.05) is 5.73 Å². The lowest BCUT2D eigenvalue weighted by Gasteiger charge is -2.09. The minimum Gasteiger partial charge on any atom is -0.382 e. The number of imidazole rings is 1. The van der Waals surface area contributed by atoms with Gasteiger partial charge in [0.1, 0.15) is 5.52 Å². The topological polar surface area (TPSA) is 56.7 Å². The lowest BCUT2D eigenvalue weighted by molar-refractivity contribution is 0.533. The molecule has 0 saturated carbocycles. The van der Waals surface area contributed by atoms with Gasteiger partial charge in [-0.15, -0.1) is 0 Å². The molecular formula is C14H17N4+. The van der Waals surface area contributed by atoms with Gasteiger partial charge in [0.15, 0.2) is 5.82 Å². The largest absolute Gasteiger partial charge is 1.00 e. The second kappa shape index (κ2) is 3.98. The Balaban J connectivity index is 0.00000133. The second-order valence-corrected chi connectivity index (χ2v) is 5.00. The van der Waals surface area contributed by atoms with Gasteiger partial charge in [-0.1, -0.05) is 32.0 Å². The molecule has 0 saturated heterocycles. The second-order valence-electron chi connectivity index (χ2n) is 5.00. The molecule has 0 aliphatic heterocycles. The number of nitrogen functional groups attached to an aromatic ring is 1. The van der Waals surface area contributed by atoms with Crippen LogP contribution in [0.2, 0.25) is 0 Å². The maximum atomic E-state index is 5.98. The number of hydrogen-bond donors (Lipinski definition) is 1. The first-order chi connectivity index (χ1) is 8.66. The summed E-state index contributed by atoms with van der Waals surface area (Å²) >= 11 is 0. The van der Waals surface area contributed by atoms with E-state index < -0.39 is 0 Å². The zero-order chi connectivity index (χ0) is 12.7. The monoisotopic (exact) mass is 241 g/mol. The van der Waals surface area contributed by atoms with Crippen LogP contribution in [0.5, 0.6) is 0 Å². The van der Waals surface area contributed by atoms with E-state index >= 15 is 0 Å². The maximum Gasteiger partial charge on any atom is 1.00 e. The van der Waals surface area contributed by atoms with Crippen molar-refractivity contribution in [1.29, 1.82) is 0 Å². The quantitative estimate of drug-likeness (QED) is 0.750. The predicted octanol–water partition coefficient (Wildman–Crippen LogP) is 2.94. The van der Waals surface area contributed by atoms with E-state index in [0.717, 1.165) is 28.5 Å². The van der Waals surface area contributed by atoms with Gasteiger partial charge in [0, 0.05) is 11.9 Å². The summed E-state index contributed by atoms with van der Waals surface area (Å²) in [6.45, 7) is 5.32. The van der Waals surface area contributed by atoms with Gasteiger partial charge in [0.2, 0.25) is 0 Å². The molecule has 1 aromatic carbocycles. The third-order valence-corrected chi connectivity index (χ3v) is 3.04. The van der Waals surface area contributed by atoms with Crippen LogP contribution >= 0.6 is 0 Å². The predicted molar refractivity (Wildman–Crippen MR) is 75.4 cm³/mol. The van der Waals surface area contributed by atoms with Crippen molar-refractivity contribution in [3.63, 3.8) is 0 Å². The highest BCUT2D eigenvalue weighted by molar-refractivity contribution is 6.06. The average molecular weight is 241 g/mol. The van der Waals surface area contributed by atoms with Crippen LogP contribution in [0, 0.1) is 5.92 Å². The number of pyridine rings is 1. The molecule has 2 aromatic heterocycles. The van der Waals surface area contributed by atoms with Gasteiger partial charge in [-0.25, -0.2) is 9.97 Å². The molecule has 4 heteroatoms. The van der Waals surface area contributed by atoms with Crippen molar-refractivity contribution in [3.05, 3.63) is 30.6 Å². The highest BCUT2D eigenvalue weighted by atomic mass is 15.1. The third kappa shape index (κ3) is 1.61. The highest BCUT2D eigenvalue weighted by Crippen LogP contribution is 2.27. The number of nitrogens with two attached hydrogens (primary N) is 1. The summed E-state index contributed by atoms with van der Waals surface area (Å²) in [5.41, 5.74) is 8.79. The van der Waals surface area contributed by atoms with E-state index in [9.17, 15) is 0 Å². The fraction of sp³-hybridized carbons (Fsp3) is 0.286. The number of hydrogen-bond acceptors (Lipinski definition) is 3. The van der Waals surface area contributed by atoms with Gasteiger partial charge >= 0.3 is 1.43 Å². The fourth-order valence-corrected chi connectivity index (χ4v) is 2.34. The van der Waals surface area contributed by atoms with E-state index in [1.54, 1.807) is 0 Å². The van der Waals surface area contributed by atoms with Crippen LogP contribution in [-0.4, -0.2) is 14.5 Å². The van der Waals surface area contributed by atoms with E-state index in [-0.39, 0.29) is 1.43 Å². The van der Waals surface area contributed by atoms with Gasteiger partial charge in [0.25, 0.3) is 0 Å². The number of fused-ring (bicyclic) bond motifs is 3. The molecule has 18 heavy (non-hydrogen) atoms. The average Bonchev–Trinajstić information content (AvgIpc) is 2.73. The van der Waals surface area contributed by atoms with Crippen LogP contribution < -0.4 is 5.73 Å². The molecule has 92 valence electrons. The summed E-state index contributed by atoms with van der Waals surface area (Å²) < 4.78 is 2.17.